The van der Waals surface area contributed by atoms with Gasteiger partial charge in [-0.2, -0.15) is 9.78 Å². The number of nitrogens with zero attached hydrogens (tertiary/aromatic N) is 2. The van der Waals surface area contributed by atoms with Gasteiger partial charge in [0.2, 0.25) is 11.8 Å². The molecule has 3 rings (SSSR count). The molecule has 1 N–H and O–H groups in total. The van der Waals surface area contributed by atoms with Crippen LogP contribution in [0.25, 0.3) is 10.9 Å². The monoisotopic (exact) mass is 299 g/mol. The van der Waals surface area contributed by atoms with E-state index in [0.717, 1.165) is 29.4 Å². The van der Waals surface area contributed by atoms with Crippen molar-refractivity contribution in [2.45, 2.75) is 51.5 Å². The van der Waals surface area contributed by atoms with E-state index in [1.807, 2.05) is 31.2 Å². The molecule has 1 aromatic carbocycles. The first kappa shape index (κ1) is 14.8. The highest BCUT2D eigenvalue weighted by Crippen LogP contribution is 2.19. The number of hydrogen-bond acceptors (Lipinski definition) is 3. The van der Waals surface area contributed by atoms with Crippen LogP contribution in [0.3, 0.4) is 0 Å². The second-order valence-corrected chi connectivity index (χ2v) is 5.96. The number of fused-ring (bicyclic) bond motifs is 1. The molecule has 0 unspecified atom stereocenters. The fourth-order valence-corrected chi connectivity index (χ4v) is 3.11. The molecule has 1 saturated carbocycles. The van der Waals surface area contributed by atoms with E-state index in [2.05, 4.69) is 10.4 Å². The van der Waals surface area contributed by atoms with Crippen molar-refractivity contribution in [3.05, 3.63) is 30.0 Å². The molecule has 1 amide bonds. The van der Waals surface area contributed by atoms with Crippen molar-refractivity contribution in [3.8, 4) is 0 Å². The van der Waals surface area contributed by atoms with Crippen molar-refractivity contribution in [1.29, 1.82) is 0 Å². The van der Waals surface area contributed by atoms with Crippen LogP contribution >= 0.6 is 0 Å². The first-order chi connectivity index (χ1) is 10.6. The Morgan fingerprint density at radius 1 is 1.23 bits per heavy atom. The molecule has 1 aliphatic carbocycles. The van der Waals surface area contributed by atoms with Crippen LogP contribution in [-0.2, 0) is 4.79 Å². The van der Waals surface area contributed by atoms with Gasteiger partial charge in [0.25, 0.3) is 0 Å². The Morgan fingerprint density at radius 3 is 2.73 bits per heavy atom. The summed E-state index contributed by atoms with van der Waals surface area (Å²) < 4.78 is 1.42. The third-order valence-corrected chi connectivity index (χ3v) is 4.29. The minimum atomic E-state index is -0.133. The van der Waals surface area contributed by atoms with Crippen LogP contribution in [0.15, 0.2) is 24.3 Å². The molecule has 1 fully saturated rings. The van der Waals surface area contributed by atoms with Gasteiger partial charge >= 0.3 is 0 Å². The zero-order valence-corrected chi connectivity index (χ0v) is 12.8. The van der Waals surface area contributed by atoms with Gasteiger partial charge in [0.05, 0.1) is 11.2 Å². The molecular weight excluding hydrogens is 278 g/mol. The average molecular weight is 299 g/mol. The van der Waals surface area contributed by atoms with Gasteiger partial charge in [-0.25, -0.2) is 0 Å². The fraction of sp³-hybridized carbons (Fsp3) is 0.471. The summed E-state index contributed by atoms with van der Waals surface area (Å²) in [5, 5.41) is 8.29. The number of rotatable bonds is 4. The van der Waals surface area contributed by atoms with Crippen molar-refractivity contribution in [3.63, 3.8) is 0 Å². The standard InChI is InChI=1S/C17H21N3O2/c1-12-14-8-4-5-9-15(14)20(19-12)17(22)11-10-16(21)18-13-6-2-3-7-13/h4-5,8-9,13H,2-3,6-7,10-11H2,1H3,(H,18,21). The minimum Gasteiger partial charge on any atom is -0.353 e. The number of para-hydroxylation sites is 1. The molecule has 1 aromatic heterocycles. The molecule has 5 nitrogen and oxygen atoms in total. The van der Waals surface area contributed by atoms with E-state index < -0.39 is 0 Å². The van der Waals surface area contributed by atoms with Crippen LogP contribution in [-0.4, -0.2) is 27.6 Å². The normalized spacial score (nSPS) is 15.3. The van der Waals surface area contributed by atoms with E-state index >= 15 is 0 Å². The van der Waals surface area contributed by atoms with Crippen LogP contribution in [0.5, 0.6) is 0 Å². The number of amides is 1. The summed E-state index contributed by atoms with van der Waals surface area (Å²) in [5.74, 6) is -0.167. The third kappa shape index (κ3) is 3.03. The van der Waals surface area contributed by atoms with Crippen LogP contribution < -0.4 is 5.32 Å². The maximum atomic E-state index is 12.3. The summed E-state index contributed by atoms with van der Waals surface area (Å²) in [6, 6.07) is 7.96. The number of aromatic nitrogens is 2. The van der Waals surface area contributed by atoms with Crippen LogP contribution in [0.4, 0.5) is 0 Å². The second-order valence-electron chi connectivity index (χ2n) is 5.96. The SMILES string of the molecule is Cc1nn(C(=O)CCC(=O)NC2CCCC2)c2ccccc12. The number of carbonyl (C=O) groups excluding carboxylic acids is 2. The largest absolute Gasteiger partial charge is 0.353 e. The second kappa shape index (κ2) is 6.30. The Hall–Kier alpha value is -2.17. The van der Waals surface area contributed by atoms with Crippen molar-refractivity contribution in [2.24, 2.45) is 0 Å². The molecule has 0 atom stereocenters. The Labute approximate surface area is 129 Å². The van der Waals surface area contributed by atoms with Gasteiger partial charge in [-0.1, -0.05) is 31.0 Å². The quantitative estimate of drug-likeness (QED) is 0.944. The minimum absolute atomic E-state index is 0.0339. The van der Waals surface area contributed by atoms with Crippen molar-refractivity contribution < 1.29 is 9.59 Å². The molecule has 0 saturated heterocycles. The Balaban J connectivity index is 1.62. The highest BCUT2D eigenvalue weighted by Gasteiger charge is 2.18. The van der Waals surface area contributed by atoms with Crippen LogP contribution in [0.1, 0.15) is 49.0 Å². The number of hydrogen-bond donors (Lipinski definition) is 1. The predicted molar refractivity (Wildman–Crippen MR) is 84.7 cm³/mol. The lowest BCUT2D eigenvalue weighted by atomic mass is 10.2. The van der Waals surface area contributed by atoms with E-state index in [9.17, 15) is 9.59 Å². The van der Waals surface area contributed by atoms with E-state index in [0.29, 0.717) is 6.04 Å². The van der Waals surface area contributed by atoms with Gasteiger partial charge in [0, 0.05) is 24.3 Å². The smallest absolute Gasteiger partial charge is 0.247 e. The zero-order chi connectivity index (χ0) is 15.5. The molecule has 0 spiro atoms. The van der Waals surface area contributed by atoms with Crippen molar-refractivity contribution in [2.75, 3.05) is 0 Å². The molecule has 0 bridgehead atoms. The number of carbonyl (C=O) groups is 2. The topological polar surface area (TPSA) is 64.0 Å². The Bertz CT molecular complexity index is 699. The van der Waals surface area contributed by atoms with Crippen molar-refractivity contribution >= 4 is 22.7 Å². The lowest BCUT2D eigenvalue weighted by Gasteiger charge is -2.11. The molecule has 22 heavy (non-hydrogen) atoms. The highest BCUT2D eigenvalue weighted by molar-refractivity contribution is 5.93. The number of benzene rings is 1. The molecule has 116 valence electrons. The van der Waals surface area contributed by atoms with Crippen LogP contribution in [0.2, 0.25) is 0 Å². The predicted octanol–water partition coefficient (Wildman–Crippen LogP) is 2.82. The van der Waals surface area contributed by atoms with E-state index in [-0.39, 0.29) is 24.7 Å². The molecular formula is C17H21N3O2. The molecule has 1 aliphatic rings. The van der Waals surface area contributed by atoms with E-state index in [4.69, 9.17) is 0 Å². The van der Waals surface area contributed by atoms with Gasteiger partial charge in [-0.15, -0.1) is 0 Å². The van der Waals surface area contributed by atoms with Gasteiger partial charge in [-0.05, 0) is 25.8 Å². The first-order valence-corrected chi connectivity index (χ1v) is 7.92. The van der Waals surface area contributed by atoms with Gasteiger partial charge in [0.15, 0.2) is 0 Å². The van der Waals surface area contributed by atoms with Gasteiger partial charge < -0.3 is 5.32 Å². The lowest BCUT2D eigenvalue weighted by molar-refractivity contribution is -0.121. The summed E-state index contributed by atoms with van der Waals surface area (Å²) >= 11 is 0. The van der Waals surface area contributed by atoms with Gasteiger partial charge in [0.1, 0.15) is 0 Å². The maximum Gasteiger partial charge on any atom is 0.247 e. The lowest BCUT2D eigenvalue weighted by Crippen LogP contribution is -2.33. The summed E-state index contributed by atoms with van der Waals surface area (Å²) in [7, 11) is 0. The van der Waals surface area contributed by atoms with E-state index in [1.165, 1.54) is 17.5 Å². The zero-order valence-electron chi connectivity index (χ0n) is 12.8. The van der Waals surface area contributed by atoms with Crippen LogP contribution in [0, 0.1) is 6.92 Å². The first-order valence-electron chi connectivity index (χ1n) is 7.92. The summed E-state index contributed by atoms with van der Waals surface area (Å²) in [5.41, 5.74) is 1.64. The summed E-state index contributed by atoms with van der Waals surface area (Å²) in [4.78, 5) is 24.2. The number of nitrogens with one attached hydrogen (secondary N) is 1. The fourth-order valence-electron chi connectivity index (χ4n) is 3.11. The summed E-state index contributed by atoms with van der Waals surface area (Å²) in [6.07, 6.45) is 4.89. The molecule has 0 aliphatic heterocycles. The number of aryl methyl sites for hydroxylation is 1. The van der Waals surface area contributed by atoms with Crippen molar-refractivity contribution in [1.82, 2.24) is 15.1 Å². The maximum absolute atomic E-state index is 12.3. The van der Waals surface area contributed by atoms with Gasteiger partial charge in [-0.3, -0.25) is 9.59 Å². The Kier molecular flexibility index (Phi) is 4.22. The molecule has 5 heteroatoms. The molecule has 0 radical (unpaired) electrons. The summed E-state index contributed by atoms with van der Waals surface area (Å²) in [6.45, 7) is 1.89. The highest BCUT2D eigenvalue weighted by atomic mass is 16.2. The molecule has 1 heterocycles. The third-order valence-electron chi connectivity index (χ3n) is 4.29. The molecule has 2 aromatic rings. The average Bonchev–Trinajstić information content (AvgIpc) is 3.14. The Morgan fingerprint density at radius 2 is 1.95 bits per heavy atom. The van der Waals surface area contributed by atoms with E-state index in [1.54, 1.807) is 0 Å².